The van der Waals surface area contributed by atoms with Crippen molar-refractivity contribution in [3.8, 4) is 0 Å². The van der Waals surface area contributed by atoms with E-state index in [-0.39, 0.29) is 10.8 Å². The van der Waals surface area contributed by atoms with Gasteiger partial charge in [-0.05, 0) is 70.0 Å². The first-order chi connectivity index (χ1) is 17.2. The van der Waals surface area contributed by atoms with Crippen LogP contribution in [0.4, 0.5) is 5.13 Å². The summed E-state index contributed by atoms with van der Waals surface area (Å²) in [6, 6.07) is 10.2. The fourth-order valence-electron chi connectivity index (χ4n) is 4.74. The number of amides is 1. The molecule has 1 aliphatic rings. The number of aryl methyl sites for hydroxylation is 3. The number of carbonyl (C=O) groups excluding carboxylic acids is 1. The second kappa shape index (κ2) is 11.0. The van der Waals surface area contributed by atoms with Crippen molar-refractivity contribution in [1.29, 1.82) is 0 Å². The molecule has 0 saturated carbocycles. The number of thiazole rings is 1. The molecule has 36 heavy (non-hydrogen) atoms. The van der Waals surface area contributed by atoms with Crippen LogP contribution in [0.25, 0.3) is 10.2 Å². The number of hydrogen-bond acceptors (Lipinski definition) is 6. The van der Waals surface area contributed by atoms with Gasteiger partial charge in [0.1, 0.15) is 6.04 Å². The van der Waals surface area contributed by atoms with E-state index in [1.165, 1.54) is 15.6 Å². The first-order valence-corrected chi connectivity index (χ1v) is 14.9. The van der Waals surface area contributed by atoms with E-state index in [1.54, 1.807) is 29.2 Å². The summed E-state index contributed by atoms with van der Waals surface area (Å²) in [4.78, 5) is 23.2. The molecule has 7 nitrogen and oxygen atoms in total. The lowest BCUT2D eigenvalue weighted by molar-refractivity contribution is -0.121. The van der Waals surface area contributed by atoms with Crippen LogP contribution in [0, 0.1) is 20.8 Å². The van der Waals surface area contributed by atoms with Gasteiger partial charge in [0.25, 0.3) is 0 Å². The molecule has 1 unspecified atom stereocenters. The predicted octanol–water partition coefficient (Wildman–Crippen LogP) is 4.75. The lowest BCUT2D eigenvalue weighted by atomic mass is 10.1. The van der Waals surface area contributed by atoms with Gasteiger partial charge >= 0.3 is 0 Å². The van der Waals surface area contributed by atoms with Crippen LogP contribution in [-0.4, -0.2) is 67.3 Å². The number of fused-ring (bicyclic) bond motifs is 1. The molecule has 1 fully saturated rings. The van der Waals surface area contributed by atoms with E-state index in [9.17, 15) is 13.2 Å². The van der Waals surface area contributed by atoms with Crippen molar-refractivity contribution in [3.63, 3.8) is 0 Å². The zero-order valence-corrected chi connectivity index (χ0v) is 23.5. The molecule has 1 saturated heterocycles. The van der Waals surface area contributed by atoms with Crippen molar-refractivity contribution in [2.75, 3.05) is 37.6 Å². The van der Waals surface area contributed by atoms with Gasteiger partial charge in [-0.15, -0.1) is 0 Å². The summed E-state index contributed by atoms with van der Waals surface area (Å²) >= 11 is 1.51. The van der Waals surface area contributed by atoms with Crippen molar-refractivity contribution in [3.05, 3.63) is 53.1 Å². The second-order valence-corrected chi connectivity index (χ2v) is 12.3. The molecule has 1 atom stereocenters. The SMILES string of the molecule is CCN(CC)CCN(C(=O)C1CCCN1S(=O)(=O)c1ccc(C)cc1)c1nc2c(C)ccc(C)c2s1. The molecule has 2 aromatic carbocycles. The molecule has 194 valence electrons. The second-order valence-electron chi connectivity index (χ2n) is 9.48. The third-order valence-corrected chi connectivity index (χ3v) is 10.2. The lowest BCUT2D eigenvalue weighted by Crippen LogP contribution is -2.49. The van der Waals surface area contributed by atoms with E-state index in [4.69, 9.17) is 4.98 Å². The van der Waals surface area contributed by atoms with Crippen molar-refractivity contribution in [1.82, 2.24) is 14.2 Å². The molecule has 2 heterocycles. The average Bonchev–Trinajstić information content (AvgIpc) is 3.53. The number of benzene rings is 2. The average molecular weight is 529 g/mol. The maximum atomic E-state index is 14.1. The van der Waals surface area contributed by atoms with Crippen LogP contribution < -0.4 is 4.90 Å². The summed E-state index contributed by atoms with van der Waals surface area (Å²) in [6.07, 6.45) is 1.16. The fraction of sp³-hybridized carbons (Fsp3) is 0.481. The standard InChI is InChI=1S/C27H36N4O3S2/c1-6-29(7-2)17-18-30(27-28-24-20(4)12-13-21(5)25(24)35-27)26(32)23-9-8-16-31(23)36(33,34)22-14-10-19(3)11-15-22/h10-15,23H,6-9,16-18H2,1-5H3. The highest BCUT2D eigenvalue weighted by Crippen LogP contribution is 2.35. The van der Waals surface area contributed by atoms with Gasteiger partial charge in [-0.3, -0.25) is 9.69 Å². The van der Waals surface area contributed by atoms with Crippen LogP contribution >= 0.6 is 11.3 Å². The van der Waals surface area contributed by atoms with Crippen molar-refractivity contribution in [2.24, 2.45) is 0 Å². The normalized spacial score (nSPS) is 16.8. The Kier molecular flexibility index (Phi) is 8.14. The first kappa shape index (κ1) is 26.7. The summed E-state index contributed by atoms with van der Waals surface area (Å²) < 4.78 is 29.6. The molecule has 0 aliphatic carbocycles. The summed E-state index contributed by atoms with van der Waals surface area (Å²) in [7, 11) is -3.79. The molecule has 1 aliphatic heterocycles. The van der Waals surface area contributed by atoms with Gasteiger partial charge in [0.2, 0.25) is 15.9 Å². The van der Waals surface area contributed by atoms with E-state index < -0.39 is 16.1 Å². The van der Waals surface area contributed by atoms with Crippen LogP contribution in [0.2, 0.25) is 0 Å². The smallest absolute Gasteiger partial charge is 0.247 e. The molecule has 0 spiro atoms. The summed E-state index contributed by atoms with van der Waals surface area (Å²) in [5.74, 6) is -0.190. The molecule has 1 amide bonds. The number of likely N-dealkylation sites (N-methyl/N-ethyl adjacent to an activating group) is 1. The lowest BCUT2D eigenvalue weighted by Gasteiger charge is -2.30. The molecular formula is C27H36N4O3S2. The Hall–Kier alpha value is -2.33. The van der Waals surface area contributed by atoms with Crippen molar-refractivity contribution >= 4 is 42.6 Å². The Balaban J connectivity index is 1.70. The van der Waals surface area contributed by atoms with Crippen LogP contribution in [0.1, 0.15) is 43.4 Å². The van der Waals surface area contributed by atoms with Gasteiger partial charge < -0.3 is 4.90 Å². The molecular weight excluding hydrogens is 492 g/mol. The molecule has 4 rings (SSSR count). The number of rotatable bonds is 9. The number of hydrogen-bond donors (Lipinski definition) is 0. The predicted molar refractivity (Wildman–Crippen MR) is 147 cm³/mol. The first-order valence-electron chi connectivity index (χ1n) is 12.7. The van der Waals surface area contributed by atoms with E-state index in [1.807, 2.05) is 13.8 Å². The quantitative estimate of drug-likeness (QED) is 0.401. The topological polar surface area (TPSA) is 73.8 Å². The van der Waals surface area contributed by atoms with E-state index in [2.05, 4.69) is 37.8 Å². The van der Waals surface area contributed by atoms with Gasteiger partial charge in [-0.25, -0.2) is 13.4 Å². The molecule has 0 N–H and O–H groups in total. The minimum absolute atomic E-state index is 0.190. The van der Waals surface area contributed by atoms with Crippen LogP contribution in [-0.2, 0) is 14.8 Å². The minimum atomic E-state index is -3.79. The van der Waals surface area contributed by atoms with Crippen LogP contribution in [0.5, 0.6) is 0 Å². The largest absolute Gasteiger partial charge is 0.302 e. The Labute approximate surface area is 218 Å². The van der Waals surface area contributed by atoms with Crippen molar-refractivity contribution < 1.29 is 13.2 Å². The summed E-state index contributed by atoms with van der Waals surface area (Å²) in [5.41, 5.74) is 4.09. The number of anilines is 1. The maximum absolute atomic E-state index is 14.1. The summed E-state index contributed by atoms with van der Waals surface area (Å²) in [6.45, 7) is 13.5. The van der Waals surface area contributed by atoms with Crippen LogP contribution in [0.15, 0.2) is 41.3 Å². The highest BCUT2D eigenvalue weighted by molar-refractivity contribution is 7.89. The zero-order valence-electron chi connectivity index (χ0n) is 21.8. The van der Waals surface area contributed by atoms with Gasteiger partial charge in [-0.2, -0.15) is 4.31 Å². The highest BCUT2D eigenvalue weighted by atomic mass is 32.2. The Bertz CT molecular complexity index is 1290. The number of nitrogens with zero attached hydrogens (tertiary/aromatic N) is 4. The fourth-order valence-corrected chi connectivity index (χ4v) is 7.54. The number of sulfonamides is 1. The van der Waals surface area contributed by atoms with E-state index >= 15 is 0 Å². The van der Waals surface area contributed by atoms with Crippen LogP contribution in [0.3, 0.4) is 0 Å². The third-order valence-electron chi connectivity index (χ3n) is 7.08. The Morgan fingerprint density at radius 1 is 1.03 bits per heavy atom. The molecule has 3 aromatic rings. The molecule has 0 bridgehead atoms. The van der Waals surface area contributed by atoms with E-state index in [0.29, 0.717) is 37.6 Å². The van der Waals surface area contributed by atoms with Gasteiger partial charge in [-0.1, -0.05) is 55.0 Å². The monoisotopic (exact) mass is 528 g/mol. The van der Waals surface area contributed by atoms with E-state index in [0.717, 1.165) is 40.0 Å². The van der Waals surface area contributed by atoms with Gasteiger partial charge in [0.05, 0.1) is 15.1 Å². The Morgan fingerprint density at radius 2 is 1.69 bits per heavy atom. The number of carbonyl (C=O) groups is 1. The third kappa shape index (κ3) is 5.20. The Morgan fingerprint density at radius 3 is 2.33 bits per heavy atom. The summed E-state index contributed by atoms with van der Waals surface area (Å²) in [5, 5.41) is 0.638. The minimum Gasteiger partial charge on any atom is -0.302 e. The van der Waals surface area contributed by atoms with Gasteiger partial charge in [0.15, 0.2) is 5.13 Å². The molecule has 9 heteroatoms. The van der Waals surface area contributed by atoms with Crippen molar-refractivity contribution in [2.45, 2.75) is 58.4 Å². The highest BCUT2D eigenvalue weighted by Gasteiger charge is 2.42. The zero-order chi connectivity index (χ0) is 26.0. The number of aromatic nitrogens is 1. The maximum Gasteiger partial charge on any atom is 0.247 e. The molecule has 0 radical (unpaired) electrons. The molecule has 1 aromatic heterocycles. The van der Waals surface area contributed by atoms with Gasteiger partial charge in [0, 0.05) is 19.6 Å².